The van der Waals surface area contributed by atoms with Crippen LogP contribution >= 0.6 is 27.5 Å². The molecule has 0 saturated heterocycles. The van der Waals surface area contributed by atoms with Gasteiger partial charge in [-0.3, -0.25) is 0 Å². The van der Waals surface area contributed by atoms with E-state index in [1.165, 1.54) is 6.07 Å². The Morgan fingerprint density at radius 2 is 1.74 bits per heavy atom. The molecule has 0 aliphatic heterocycles. The summed E-state index contributed by atoms with van der Waals surface area (Å²) in [4.78, 5) is -0.404. The minimum Gasteiger partial charge on any atom is -0.204 e. The molecule has 19 heavy (non-hydrogen) atoms. The molecular formula is C15H12BrClF2. The fraction of sp³-hybridized carbons (Fsp3) is 0.200. The number of aryl methyl sites for hydroxylation is 2. The lowest BCUT2D eigenvalue weighted by molar-refractivity contribution is 0.500. The van der Waals surface area contributed by atoms with Crippen LogP contribution in [0.1, 0.15) is 27.1 Å². The number of hydrogen-bond acceptors (Lipinski definition) is 0. The first-order valence-electron chi connectivity index (χ1n) is 5.76. The topological polar surface area (TPSA) is 0 Å². The molecule has 100 valence electrons. The van der Waals surface area contributed by atoms with Crippen molar-refractivity contribution < 1.29 is 8.78 Å². The Morgan fingerprint density at radius 1 is 1.05 bits per heavy atom. The van der Waals surface area contributed by atoms with Crippen molar-refractivity contribution in [1.82, 2.24) is 0 Å². The van der Waals surface area contributed by atoms with Crippen molar-refractivity contribution >= 4 is 27.5 Å². The molecule has 0 aromatic heterocycles. The summed E-state index contributed by atoms with van der Waals surface area (Å²) in [5.74, 6) is -1.67. The highest BCUT2D eigenvalue weighted by Gasteiger charge is 2.19. The molecule has 0 bridgehead atoms. The summed E-state index contributed by atoms with van der Waals surface area (Å²) in [5.41, 5.74) is 3.00. The normalized spacial score (nSPS) is 12.5. The van der Waals surface area contributed by atoms with Gasteiger partial charge < -0.3 is 0 Å². The molecule has 0 fully saturated rings. The van der Waals surface area contributed by atoms with Crippen molar-refractivity contribution in [3.05, 3.63) is 69.2 Å². The smallest absolute Gasteiger partial charge is 0.163 e. The van der Waals surface area contributed by atoms with Crippen LogP contribution < -0.4 is 0 Å². The summed E-state index contributed by atoms with van der Waals surface area (Å²) in [6.07, 6.45) is 0. The molecule has 0 aliphatic rings. The molecule has 0 spiro atoms. The van der Waals surface area contributed by atoms with Gasteiger partial charge in [0.05, 0.1) is 4.83 Å². The molecular weight excluding hydrogens is 334 g/mol. The number of rotatable bonds is 2. The Labute approximate surface area is 124 Å². The van der Waals surface area contributed by atoms with E-state index in [4.69, 9.17) is 11.6 Å². The predicted octanol–water partition coefficient (Wildman–Crippen LogP) is 5.72. The van der Waals surface area contributed by atoms with Crippen LogP contribution in [0.25, 0.3) is 0 Å². The molecule has 1 atom stereocenters. The Balaban J connectivity index is 2.53. The summed E-state index contributed by atoms with van der Waals surface area (Å²) in [5, 5.41) is 0.667. The highest BCUT2D eigenvalue weighted by molar-refractivity contribution is 9.09. The van der Waals surface area contributed by atoms with E-state index in [1.54, 1.807) is 6.07 Å². The summed E-state index contributed by atoms with van der Waals surface area (Å²) in [6, 6.07) is 7.90. The molecule has 4 heteroatoms. The van der Waals surface area contributed by atoms with Gasteiger partial charge in [0.2, 0.25) is 0 Å². The zero-order valence-corrected chi connectivity index (χ0v) is 12.8. The molecule has 2 aromatic rings. The van der Waals surface area contributed by atoms with Gasteiger partial charge in [-0.05, 0) is 42.7 Å². The molecule has 0 saturated carbocycles. The minimum atomic E-state index is -0.842. The van der Waals surface area contributed by atoms with Crippen molar-refractivity contribution in [3.63, 3.8) is 0 Å². The molecule has 0 heterocycles. The maximum absolute atomic E-state index is 13.8. The number of halogens is 4. The van der Waals surface area contributed by atoms with Crippen molar-refractivity contribution in [2.75, 3.05) is 0 Å². The van der Waals surface area contributed by atoms with Crippen molar-refractivity contribution in [2.45, 2.75) is 18.7 Å². The molecule has 2 rings (SSSR count). The highest BCUT2D eigenvalue weighted by Crippen LogP contribution is 2.36. The molecule has 0 nitrogen and oxygen atoms in total. The van der Waals surface area contributed by atoms with Crippen LogP contribution in [0.4, 0.5) is 8.78 Å². The Hall–Kier alpha value is -0.930. The van der Waals surface area contributed by atoms with Crippen LogP contribution in [-0.4, -0.2) is 0 Å². The van der Waals surface area contributed by atoms with E-state index in [0.29, 0.717) is 5.02 Å². The predicted molar refractivity (Wildman–Crippen MR) is 78.1 cm³/mol. The molecule has 2 aromatic carbocycles. The molecule has 0 N–H and O–H groups in total. The first kappa shape index (κ1) is 14.5. The van der Waals surface area contributed by atoms with Crippen LogP contribution in [0.2, 0.25) is 5.02 Å². The summed E-state index contributed by atoms with van der Waals surface area (Å²) in [7, 11) is 0. The minimum absolute atomic E-state index is 0.282. The maximum atomic E-state index is 13.8. The average molecular weight is 346 g/mol. The van der Waals surface area contributed by atoms with Crippen molar-refractivity contribution in [2.24, 2.45) is 0 Å². The Bertz CT molecular complexity index is 626. The third kappa shape index (κ3) is 2.82. The quantitative estimate of drug-likeness (QED) is 0.611. The van der Waals surface area contributed by atoms with Crippen LogP contribution in [0.15, 0.2) is 30.3 Å². The van der Waals surface area contributed by atoms with Gasteiger partial charge in [0.25, 0.3) is 0 Å². The van der Waals surface area contributed by atoms with Crippen LogP contribution in [0, 0.1) is 25.5 Å². The number of hydrogen-bond donors (Lipinski definition) is 0. The van der Waals surface area contributed by atoms with E-state index in [2.05, 4.69) is 15.9 Å². The second-order valence-corrected chi connectivity index (χ2v) is 5.79. The van der Waals surface area contributed by atoms with Crippen molar-refractivity contribution in [1.29, 1.82) is 0 Å². The zero-order chi connectivity index (χ0) is 14.2. The fourth-order valence-corrected chi connectivity index (χ4v) is 3.03. The molecule has 0 radical (unpaired) electrons. The number of alkyl halides is 1. The van der Waals surface area contributed by atoms with E-state index in [0.717, 1.165) is 22.8 Å². The van der Waals surface area contributed by atoms with Crippen LogP contribution in [0.5, 0.6) is 0 Å². The molecule has 0 amide bonds. The van der Waals surface area contributed by atoms with Gasteiger partial charge in [0.1, 0.15) is 0 Å². The summed E-state index contributed by atoms with van der Waals surface area (Å²) >= 11 is 9.48. The van der Waals surface area contributed by atoms with E-state index < -0.39 is 16.5 Å². The largest absolute Gasteiger partial charge is 0.204 e. The van der Waals surface area contributed by atoms with Gasteiger partial charge in [-0.25, -0.2) is 8.78 Å². The standard InChI is InChI=1S/C15H12BrClF2/c1-8-7-12(17)9(2)6-11(8)14(16)10-4-3-5-13(18)15(10)19/h3-7,14H,1-2H3. The second kappa shape index (κ2) is 5.59. The lowest BCUT2D eigenvalue weighted by atomic mass is 9.98. The van der Waals surface area contributed by atoms with Crippen LogP contribution in [0.3, 0.4) is 0 Å². The van der Waals surface area contributed by atoms with Gasteiger partial charge in [-0.15, -0.1) is 0 Å². The van der Waals surface area contributed by atoms with Crippen LogP contribution in [-0.2, 0) is 0 Å². The van der Waals surface area contributed by atoms with E-state index in [-0.39, 0.29) is 5.56 Å². The average Bonchev–Trinajstić information content (AvgIpc) is 2.36. The summed E-state index contributed by atoms with van der Waals surface area (Å²) < 4.78 is 27.1. The fourth-order valence-electron chi connectivity index (χ4n) is 1.96. The van der Waals surface area contributed by atoms with Gasteiger partial charge >= 0.3 is 0 Å². The third-order valence-electron chi connectivity index (χ3n) is 3.07. The molecule has 0 aliphatic carbocycles. The van der Waals surface area contributed by atoms with E-state index >= 15 is 0 Å². The Morgan fingerprint density at radius 3 is 2.42 bits per heavy atom. The van der Waals surface area contributed by atoms with Gasteiger partial charge in [-0.2, -0.15) is 0 Å². The van der Waals surface area contributed by atoms with E-state index in [1.807, 2.05) is 26.0 Å². The summed E-state index contributed by atoms with van der Waals surface area (Å²) in [6.45, 7) is 3.78. The highest BCUT2D eigenvalue weighted by atomic mass is 79.9. The monoisotopic (exact) mass is 344 g/mol. The Kier molecular flexibility index (Phi) is 4.26. The van der Waals surface area contributed by atoms with E-state index in [9.17, 15) is 8.78 Å². The van der Waals surface area contributed by atoms with Crippen molar-refractivity contribution in [3.8, 4) is 0 Å². The maximum Gasteiger partial charge on any atom is 0.163 e. The van der Waals surface area contributed by atoms with Gasteiger partial charge in [-0.1, -0.05) is 45.7 Å². The van der Waals surface area contributed by atoms with Gasteiger partial charge in [0, 0.05) is 10.6 Å². The SMILES string of the molecule is Cc1cc(C(Br)c2cccc(F)c2F)c(C)cc1Cl. The zero-order valence-electron chi connectivity index (χ0n) is 10.5. The second-order valence-electron chi connectivity index (χ2n) is 4.46. The third-order valence-corrected chi connectivity index (χ3v) is 4.47. The molecule has 1 unspecified atom stereocenters. The first-order valence-corrected chi connectivity index (χ1v) is 7.05. The first-order chi connectivity index (χ1) is 8.91. The lowest BCUT2D eigenvalue weighted by Gasteiger charge is -2.16. The lowest BCUT2D eigenvalue weighted by Crippen LogP contribution is -2.01. The number of benzene rings is 2. The van der Waals surface area contributed by atoms with Gasteiger partial charge in [0.15, 0.2) is 11.6 Å².